The van der Waals surface area contributed by atoms with Crippen LogP contribution in [0.3, 0.4) is 0 Å². The van der Waals surface area contributed by atoms with Gasteiger partial charge in [0.15, 0.2) is 5.96 Å². The predicted octanol–water partition coefficient (Wildman–Crippen LogP) is -0.627. The Morgan fingerprint density at radius 2 is 1.51 bits per heavy atom. The van der Waals surface area contributed by atoms with E-state index in [1.807, 2.05) is 37.3 Å². The molecule has 23 heteroatoms. The van der Waals surface area contributed by atoms with E-state index in [2.05, 4.69) is 57.8 Å². The number of fused-ring (bicyclic) bond motifs is 1. The van der Waals surface area contributed by atoms with Crippen LogP contribution in [0.1, 0.15) is 88.1 Å². The van der Waals surface area contributed by atoms with Crippen molar-refractivity contribution in [3.05, 3.63) is 102 Å². The van der Waals surface area contributed by atoms with Gasteiger partial charge in [0, 0.05) is 45.5 Å². The van der Waals surface area contributed by atoms with Crippen molar-refractivity contribution in [2.24, 2.45) is 11.5 Å². The van der Waals surface area contributed by atoms with Gasteiger partial charge in [-0.05, 0) is 54.0 Å². The van der Waals surface area contributed by atoms with Gasteiger partial charge >= 0.3 is 0 Å². The minimum Gasteiger partial charge on any atom is -0.370 e. The molecule has 0 radical (unpaired) electrons. The molecule has 0 spiro atoms. The molecule has 1 aliphatic rings. The Bertz CT molecular complexity index is 2570. The Labute approximate surface area is 422 Å². The van der Waals surface area contributed by atoms with Crippen molar-refractivity contribution in [3.8, 4) is 0 Å². The van der Waals surface area contributed by atoms with Crippen LogP contribution >= 0.6 is 0 Å². The summed E-state index contributed by atoms with van der Waals surface area (Å²) in [6.07, 6.45) is 3.34. The molecule has 1 aliphatic heterocycles. The molecule has 1 saturated heterocycles. The Balaban J connectivity index is 1.52. The third-order valence-corrected chi connectivity index (χ3v) is 12.1. The number of hydrogen-bond acceptors (Lipinski definition) is 11. The molecule has 390 valence electrons. The summed E-state index contributed by atoms with van der Waals surface area (Å²) >= 11 is 0. The van der Waals surface area contributed by atoms with Gasteiger partial charge in [-0.2, -0.15) is 0 Å². The number of carbonyl (C=O) groups excluding carboxylic acids is 9. The van der Waals surface area contributed by atoms with Gasteiger partial charge in [-0.1, -0.05) is 92.6 Å². The lowest BCUT2D eigenvalue weighted by Crippen LogP contribution is -2.59. The molecule has 7 atom stereocenters. The summed E-state index contributed by atoms with van der Waals surface area (Å²) < 4.78 is 0. The van der Waals surface area contributed by atoms with Crippen LogP contribution in [-0.2, 0) is 56.0 Å². The van der Waals surface area contributed by atoms with Gasteiger partial charge in [0.05, 0.1) is 12.0 Å². The smallest absolute Gasteiger partial charge is 0.247 e. The first-order valence-electron chi connectivity index (χ1n) is 24.2. The highest BCUT2D eigenvalue weighted by atomic mass is 16.2. The largest absolute Gasteiger partial charge is 0.370 e. The third-order valence-electron chi connectivity index (χ3n) is 12.1. The number of primary amides is 1. The molecule has 0 bridgehead atoms. The normalized spacial score (nSPS) is 20.1. The number of nitrogens with two attached hydrogens (primary N) is 2. The molecule has 9 amide bonds. The van der Waals surface area contributed by atoms with Crippen LogP contribution in [0.5, 0.6) is 0 Å². The van der Waals surface area contributed by atoms with E-state index in [1.165, 1.54) is 19.4 Å². The van der Waals surface area contributed by atoms with Gasteiger partial charge in [-0.25, -0.2) is 4.98 Å². The van der Waals surface area contributed by atoms with Crippen molar-refractivity contribution in [1.82, 2.24) is 57.8 Å². The van der Waals surface area contributed by atoms with Crippen molar-refractivity contribution in [2.75, 3.05) is 13.1 Å². The van der Waals surface area contributed by atoms with Crippen molar-refractivity contribution in [3.63, 3.8) is 0 Å². The van der Waals surface area contributed by atoms with E-state index in [0.717, 1.165) is 10.8 Å². The van der Waals surface area contributed by atoms with Crippen LogP contribution in [-0.4, -0.2) is 118 Å². The highest BCUT2D eigenvalue weighted by Crippen LogP contribution is 2.21. The minimum absolute atomic E-state index is 0.00768. The lowest BCUT2D eigenvalue weighted by atomic mass is 9.98. The van der Waals surface area contributed by atoms with Crippen LogP contribution in [0.15, 0.2) is 85.3 Å². The van der Waals surface area contributed by atoms with Crippen LogP contribution in [0.2, 0.25) is 0 Å². The second-order valence-corrected chi connectivity index (χ2v) is 17.7. The van der Waals surface area contributed by atoms with Crippen molar-refractivity contribution >= 4 is 69.9 Å². The fourth-order valence-corrected chi connectivity index (χ4v) is 8.24. The quantitative estimate of drug-likeness (QED) is 0.0337. The van der Waals surface area contributed by atoms with E-state index >= 15 is 0 Å². The van der Waals surface area contributed by atoms with Gasteiger partial charge in [0.1, 0.15) is 42.3 Å². The number of rotatable bonds is 18. The Morgan fingerprint density at radius 3 is 2.21 bits per heavy atom. The van der Waals surface area contributed by atoms with Crippen LogP contribution < -0.4 is 59.3 Å². The number of imidazole rings is 1. The van der Waals surface area contributed by atoms with E-state index in [1.54, 1.807) is 42.5 Å². The highest BCUT2D eigenvalue weighted by molar-refractivity contribution is 5.98. The number of H-pyrrole nitrogens is 1. The number of nitrogens with one attached hydrogen (secondary N) is 11. The molecule has 73 heavy (non-hydrogen) atoms. The monoisotopic (exact) mass is 1010 g/mol. The summed E-state index contributed by atoms with van der Waals surface area (Å²) in [4.78, 5) is 132. The van der Waals surface area contributed by atoms with Gasteiger partial charge in [0.25, 0.3) is 0 Å². The zero-order valence-corrected chi connectivity index (χ0v) is 40.9. The number of hydrogen-bond donors (Lipinski definition) is 13. The average molecular weight is 1010 g/mol. The lowest BCUT2D eigenvalue weighted by molar-refractivity contribution is -0.136. The molecule has 4 aromatic rings. The maximum Gasteiger partial charge on any atom is 0.247 e. The number of nitrogens with zero attached hydrogens (tertiary/aromatic N) is 1. The molecule has 1 aromatic heterocycles. The second-order valence-electron chi connectivity index (χ2n) is 17.7. The SMILES string of the molecule is CCCC[C@H](NC(C)=O)C(=O)N[C@H]1CCC(=O)NCC[C@@H](C(=O)N[C@H](Cc2cccc3ccccc23)C(N)=O)NC(=O)[C@H](CCCNC(=N)N)NC(=O)C(c2ccccc2)NC(=O)[C@H](Cc2c[nH]cn2)NC1=O. The number of amides is 9. The van der Waals surface area contributed by atoms with Crippen molar-refractivity contribution < 1.29 is 43.2 Å². The first-order valence-corrected chi connectivity index (χ1v) is 24.2. The lowest BCUT2D eigenvalue weighted by Gasteiger charge is -2.28. The number of carbonyl (C=O) groups is 9. The average Bonchev–Trinajstić information content (AvgIpc) is 3.88. The molecular weight excluding hydrogens is 941 g/mol. The summed E-state index contributed by atoms with van der Waals surface area (Å²) in [5.74, 6) is -7.28. The van der Waals surface area contributed by atoms with E-state index in [0.29, 0.717) is 24.1 Å². The number of guanidine groups is 1. The van der Waals surface area contributed by atoms with E-state index in [4.69, 9.17) is 16.9 Å². The molecule has 2 heterocycles. The predicted molar refractivity (Wildman–Crippen MR) is 269 cm³/mol. The topological polar surface area (TPSA) is 366 Å². The zero-order valence-electron chi connectivity index (χ0n) is 40.9. The number of benzene rings is 3. The summed E-state index contributed by atoms with van der Waals surface area (Å²) in [5, 5.41) is 33.4. The molecule has 23 nitrogen and oxygen atoms in total. The van der Waals surface area contributed by atoms with E-state index in [-0.39, 0.29) is 76.0 Å². The van der Waals surface area contributed by atoms with Gasteiger partial charge < -0.3 is 64.3 Å². The summed E-state index contributed by atoms with van der Waals surface area (Å²) in [6.45, 7) is 3.04. The summed E-state index contributed by atoms with van der Waals surface area (Å²) in [6, 6.07) is 11.6. The number of aromatic nitrogens is 2. The Morgan fingerprint density at radius 1 is 0.795 bits per heavy atom. The van der Waals surface area contributed by atoms with Crippen molar-refractivity contribution in [1.29, 1.82) is 5.41 Å². The fraction of sp³-hybridized carbons (Fsp3) is 0.420. The van der Waals surface area contributed by atoms with Crippen LogP contribution in [0.4, 0.5) is 0 Å². The first-order chi connectivity index (χ1) is 35.0. The highest BCUT2D eigenvalue weighted by Gasteiger charge is 2.35. The van der Waals surface area contributed by atoms with Gasteiger partial charge in [-0.15, -0.1) is 0 Å². The maximum atomic E-state index is 14.6. The van der Waals surface area contributed by atoms with Crippen molar-refractivity contribution in [2.45, 2.75) is 120 Å². The molecule has 15 N–H and O–H groups in total. The summed E-state index contributed by atoms with van der Waals surface area (Å²) in [7, 11) is 0. The number of unbranched alkanes of at least 4 members (excludes halogenated alkanes) is 1. The molecular formula is C50H66N14O9. The molecule has 0 aliphatic carbocycles. The molecule has 0 saturated carbocycles. The molecule has 5 rings (SSSR count). The Kier molecular flexibility index (Phi) is 21.2. The van der Waals surface area contributed by atoms with Gasteiger partial charge in [-0.3, -0.25) is 48.6 Å². The van der Waals surface area contributed by atoms with Crippen LogP contribution in [0, 0.1) is 5.41 Å². The van der Waals surface area contributed by atoms with Crippen LogP contribution in [0.25, 0.3) is 10.8 Å². The fourth-order valence-electron chi connectivity index (χ4n) is 8.24. The minimum atomic E-state index is -1.49. The molecule has 3 aromatic carbocycles. The Hall–Kier alpha value is -8.37. The number of aromatic amines is 1. The first kappa shape index (κ1) is 55.6. The maximum absolute atomic E-state index is 14.6. The summed E-state index contributed by atoms with van der Waals surface area (Å²) in [5.41, 5.74) is 12.7. The van der Waals surface area contributed by atoms with E-state index in [9.17, 15) is 43.2 Å². The van der Waals surface area contributed by atoms with E-state index < -0.39 is 95.5 Å². The van der Waals surface area contributed by atoms with Gasteiger partial charge in [0.2, 0.25) is 53.2 Å². The standard InChI is InChI=1S/C50H66N14O9/c1-3-4-18-35(58-29(2)65)44(68)59-37-20-21-41(66)55-24-22-38(47(71)62-39(43(51)67)25-32-16-10-15-30-12-8-9-17-34(30)32)60-45(69)36(19-11-23-56-50(52)53)61-49(73)42(31-13-6-5-7-14-31)64-48(72)40(63-46(37)70)26-33-27-54-28-57-33/h5-10,12-17,27-28,35-40,42H,3-4,11,18-26H2,1-2H3,(H2,51,67)(H,54,57)(H,55,66)(H,58,65)(H,59,68)(H,60,69)(H,61,73)(H,62,71)(H,63,70)(H,64,72)(H4,52,53,56)/t35-,36-,37-,38-,39+,40-,42?/m0/s1. The molecule has 1 fully saturated rings. The second kappa shape index (κ2) is 27.9. The molecule has 1 unspecified atom stereocenters. The zero-order chi connectivity index (χ0) is 52.9. The third kappa shape index (κ3) is 17.5.